The van der Waals surface area contributed by atoms with Gasteiger partial charge < -0.3 is 4.74 Å². The van der Waals surface area contributed by atoms with Gasteiger partial charge in [-0.05, 0) is 12.0 Å². The molecule has 1 heterocycles. The maximum atomic E-state index is 11.7. The van der Waals surface area contributed by atoms with E-state index in [2.05, 4.69) is 0 Å². The molecule has 1 fully saturated rings. The van der Waals surface area contributed by atoms with Crippen LogP contribution < -0.4 is 0 Å². The van der Waals surface area contributed by atoms with Crippen LogP contribution in [0.25, 0.3) is 0 Å². The molecule has 0 unspecified atom stereocenters. The molecule has 0 aromatic heterocycles. The average Bonchev–Trinajstić information content (AvgIpc) is 2.28. The number of ether oxygens (including phenoxy) is 1. The molecule has 0 bridgehead atoms. The molecule has 1 aromatic rings. The normalized spacial score (nSPS) is 17.6. The molecule has 0 radical (unpaired) electrons. The Labute approximate surface area is 109 Å². The minimum atomic E-state index is -3.04. The second-order valence-corrected chi connectivity index (χ2v) is 6.64. The number of hydrogen-bond acceptors (Lipinski definition) is 3. The zero-order valence-corrected chi connectivity index (χ0v) is 11.4. The zero-order chi connectivity index (χ0) is 13.0. The summed E-state index contributed by atoms with van der Waals surface area (Å²) >= 11 is 0. The summed E-state index contributed by atoms with van der Waals surface area (Å²) in [4.78, 5) is 0. The second kappa shape index (κ2) is 5.82. The molecule has 0 amide bonds. The van der Waals surface area contributed by atoms with Crippen molar-refractivity contribution in [2.75, 3.05) is 18.8 Å². The van der Waals surface area contributed by atoms with E-state index in [1.807, 2.05) is 37.3 Å². The van der Waals surface area contributed by atoms with Crippen LogP contribution in [0.4, 0.5) is 0 Å². The highest BCUT2D eigenvalue weighted by Crippen LogP contribution is 2.18. The van der Waals surface area contributed by atoms with Gasteiger partial charge in [0.15, 0.2) is 0 Å². The van der Waals surface area contributed by atoms with Crippen molar-refractivity contribution in [3.05, 3.63) is 35.9 Å². The molecular weight excluding hydrogens is 250 g/mol. The number of hydrogen-bond donors (Lipinski definition) is 0. The van der Waals surface area contributed by atoms with Crippen LogP contribution in [0.15, 0.2) is 30.3 Å². The average molecular weight is 269 g/mol. The van der Waals surface area contributed by atoms with E-state index in [9.17, 15) is 8.42 Å². The van der Waals surface area contributed by atoms with Crippen molar-refractivity contribution in [1.82, 2.24) is 4.31 Å². The second-order valence-electron chi connectivity index (χ2n) is 4.55. The van der Waals surface area contributed by atoms with Gasteiger partial charge >= 0.3 is 0 Å². The molecule has 1 aromatic carbocycles. The van der Waals surface area contributed by atoms with Crippen LogP contribution in [0.2, 0.25) is 0 Å². The van der Waals surface area contributed by atoms with Gasteiger partial charge in [0.05, 0.1) is 18.5 Å². The summed E-state index contributed by atoms with van der Waals surface area (Å²) in [5.41, 5.74) is 1.12. The molecule has 0 aliphatic carbocycles. The van der Waals surface area contributed by atoms with Gasteiger partial charge in [-0.1, -0.05) is 37.3 Å². The van der Waals surface area contributed by atoms with Crippen LogP contribution in [0.1, 0.15) is 18.9 Å². The smallest absolute Gasteiger partial charge is 0.214 e. The first-order valence-corrected chi connectivity index (χ1v) is 7.86. The monoisotopic (exact) mass is 269 g/mol. The summed E-state index contributed by atoms with van der Waals surface area (Å²) in [6.45, 7) is 3.41. The molecule has 4 nitrogen and oxygen atoms in total. The van der Waals surface area contributed by atoms with Gasteiger partial charge in [0, 0.05) is 13.1 Å². The lowest BCUT2D eigenvalue weighted by Crippen LogP contribution is -2.55. The van der Waals surface area contributed by atoms with E-state index >= 15 is 0 Å². The van der Waals surface area contributed by atoms with Gasteiger partial charge in [0.25, 0.3) is 0 Å². The molecular formula is C13H19NO3S. The highest BCUT2D eigenvalue weighted by Gasteiger charge is 2.35. The van der Waals surface area contributed by atoms with Crippen LogP contribution in [-0.2, 0) is 21.4 Å². The first-order valence-electron chi connectivity index (χ1n) is 6.25. The molecule has 5 heteroatoms. The van der Waals surface area contributed by atoms with Crippen molar-refractivity contribution in [3.8, 4) is 0 Å². The van der Waals surface area contributed by atoms with Crippen molar-refractivity contribution in [3.63, 3.8) is 0 Å². The molecule has 1 aliphatic rings. The third-order valence-electron chi connectivity index (χ3n) is 3.00. The number of nitrogens with zero attached hydrogens (tertiary/aromatic N) is 1. The fourth-order valence-corrected chi connectivity index (χ4v) is 3.47. The summed E-state index contributed by atoms with van der Waals surface area (Å²) in [5, 5.41) is 0. The fraction of sp³-hybridized carbons (Fsp3) is 0.538. The lowest BCUT2D eigenvalue weighted by molar-refractivity contribution is -0.0295. The van der Waals surface area contributed by atoms with E-state index in [0.717, 1.165) is 5.56 Å². The lowest BCUT2D eigenvalue weighted by Gasteiger charge is -2.37. The minimum Gasteiger partial charge on any atom is -0.371 e. The summed E-state index contributed by atoms with van der Waals surface area (Å²) < 4.78 is 30.6. The maximum absolute atomic E-state index is 11.7. The number of sulfonamides is 1. The first kappa shape index (κ1) is 13.5. The topological polar surface area (TPSA) is 46.6 Å². The zero-order valence-electron chi connectivity index (χ0n) is 10.6. The summed E-state index contributed by atoms with van der Waals surface area (Å²) in [6, 6.07) is 9.91. The molecule has 18 heavy (non-hydrogen) atoms. The van der Waals surface area contributed by atoms with Crippen molar-refractivity contribution >= 4 is 10.0 Å². The van der Waals surface area contributed by atoms with Crippen molar-refractivity contribution in [2.45, 2.75) is 26.1 Å². The van der Waals surface area contributed by atoms with Crippen molar-refractivity contribution in [1.29, 1.82) is 0 Å². The Bertz CT molecular complexity index is 466. The predicted molar refractivity (Wildman–Crippen MR) is 70.7 cm³/mol. The van der Waals surface area contributed by atoms with Gasteiger partial charge in [0.2, 0.25) is 10.0 Å². The van der Waals surface area contributed by atoms with Gasteiger partial charge in [0.1, 0.15) is 0 Å². The molecule has 0 atom stereocenters. The lowest BCUT2D eigenvalue weighted by atomic mass is 10.2. The van der Waals surface area contributed by atoms with Crippen LogP contribution in [0, 0.1) is 0 Å². The molecule has 100 valence electrons. The third-order valence-corrected chi connectivity index (χ3v) is 5.01. The van der Waals surface area contributed by atoms with E-state index in [-0.39, 0.29) is 11.9 Å². The standard InChI is InChI=1S/C13H19NO3S/c1-2-8-18(15,16)14-9-13(10-14)17-11-12-6-4-3-5-7-12/h3-7,13H,2,8-11H2,1H3. The predicted octanol–water partition coefficient (Wildman–Crippen LogP) is 1.63. The van der Waals surface area contributed by atoms with Gasteiger partial charge in [-0.2, -0.15) is 4.31 Å². The molecule has 0 spiro atoms. The largest absolute Gasteiger partial charge is 0.371 e. The van der Waals surface area contributed by atoms with Gasteiger partial charge in [-0.15, -0.1) is 0 Å². The van der Waals surface area contributed by atoms with E-state index in [0.29, 0.717) is 26.1 Å². The van der Waals surface area contributed by atoms with Crippen LogP contribution in [-0.4, -0.2) is 37.7 Å². The van der Waals surface area contributed by atoms with Gasteiger partial charge in [-0.3, -0.25) is 0 Å². The van der Waals surface area contributed by atoms with Crippen molar-refractivity contribution < 1.29 is 13.2 Å². The van der Waals surface area contributed by atoms with E-state index < -0.39 is 10.0 Å². The Kier molecular flexibility index (Phi) is 4.37. The Morgan fingerprint density at radius 1 is 1.28 bits per heavy atom. The van der Waals surface area contributed by atoms with Crippen LogP contribution in [0.3, 0.4) is 0 Å². The Balaban J connectivity index is 1.74. The van der Waals surface area contributed by atoms with Crippen LogP contribution >= 0.6 is 0 Å². The first-order chi connectivity index (χ1) is 8.62. The Morgan fingerprint density at radius 2 is 1.94 bits per heavy atom. The quantitative estimate of drug-likeness (QED) is 0.788. The molecule has 1 aliphatic heterocycles. The third kappa shape index (κ3) is 3.31. The number of rotatable bonds is 6. The number of benzene rings is 1. The van der Waals surface area contributed by atoms with E-state index in [1.54, 1.807) is 0 Å². The minimum absolute atomic E-state index is 0.0387. The maximum Gasteiger partial charge on any atom is 0.214 e. The fourth-order valence-electron chi connectivity index (χ4n) is 1.91. The summed E-state index contributed by atoms with van der Waals surface area (Å²) in [7, 11) is -3.04. The van der Waals surface area contributed by atoms with Crippen LogP contribution in [0.5, 0.6) is 0 Å². The summed E-state index contributed by atoms with van der Waals surface area (Å²) in [5.74, 6) is 0.235. The molecule has 0 saturated carbocycles. The Morgan fingerprint density at radius 3 is 2.56 bits per heavy atom. The molecule has 1 saturated heterocycles. The van der Waals surface area contributed by atoms with E-state index in [4.69, 9.17) is 4.74 Å². The highest BCUT2D eigenvalue weighted by molar-refractivity contribution is 7.89. The molecule has 2 rings (SSSR count). The SMILES string of the molecule is CCCS(=O)(=O)N1CC(OCc2ccccc2)C1. The van der Waals surface area contributed by atoms with Crippen molar-refractivity contribution in [2.24, 2.45) is 0 Å². The molecule has 0 N–H and O–H groups in total. The van der Waals surface area contributed by atoms with Gasteiger partial charge in [-0.25, -0.2) is 8.42 Å². The Hall–Kier alpha value is -0.910. The van der Waals surface area contributed by atoms with E-state index in [1.165, 1.54) is 4.31 Å². The highest BCUT2D eigenvalue weighted by atomic mass is 32.2. The summed E-state index contributed by atoms with van der Waals surface area (Å²) in [6.07, 6.45) is 0.700.